The van der Waals surface area contributed by atoms with Crippen LogP contribution in [0.1, 0.15) is 45.8 Å². The van der Waals surface area contributed by atoms with E-state index in [0.717, 1.165) is 37.1 Å². The second-order valence-electron chi connectivity index (χ2n) is 6.17. The van der Waals surface area contributed by atoms with E-state index in [-0.39, 0.29) is 5.91 Å². The van der Waals surface area contributed by atoms with E-state index in [2.05, 4.69) is 6.07 Å². The number of carbonyl (C=O) groups excluding carboxylic acids is 1. The van der Waals surface area contributed by atoms with E-state index in [1.165, 1.54) is 5.56 Å². The Morgan fingerprint density at radius 3 is 2.43 bits per heavy atom. The van der Waals surface area contributed by atoms with Crippen LogP contribution in [0.4, 0.5) is 0 Å². The first-order chi connectivity index (χ1) is 11.2. The molecule has 1 aliphatic heterocycles. The van der Waals surface area contributed by atoms with E-state index in [1.807, 2.05) is 60.4 Å². The molecule has 1 saturated heterocycles. The third-order valence-electron chi connectivity index (χ3n) is 4.56. The smallest absolute Gasteiger partial charge is 0.253 e. The first-order valence-corrected chi connectivity index (χ1v) is 8.03. The van der Waals surface area contributed by atoms with Crippen molar-refractivity contribution in [2.75, 3.05) is 13.1 Å². The lowest BCUT2D eigenvalue weighted by Crippen LogP contribution is -2.37. The van der Waals surface area contributed by atoms with Crippen LogP contribution in [-0.4, -0.2) is 23.9 Å². The number of rotatable bonds is 2. The van der Waals surface area contributed by atoms with Crippen LogP contribution in [0.3, 0.4) is 0 Å². The van der Waals surface area contributed by atoms with Crippen molar-refractivity contribution in [2.45, 2.75) is 25.7 Å². The van der Waals surface area contributed by atoms with Crippen LogP contribution >= 0.6 is 0 Å². The fraction of sp³-hybridized carbons (Fsp3) is 0.300. The third kappa shape index (κ3) is 3.43. The van der Waals surface area contributed by atoms with Crippen molar-refractivity contribution in [2.24, 2.45) is 0 Å². The highest BCUT2D eigenvalue weighted by Gasteiger charge is 2.24. The average molecular weight is 304 g/mol. The van der Waals surface area contributed by atoms with Crippen LogP contribution in [-0.2, 0) is 0 Å². The predicted molar refractivity (Wildman–Crippen MR) is 90.2 cm³/mol. The number of carbonyl (C=O) groups is 1. The normalized spacial score (nSPS) is 15.2. The Hall–Kier alpha value is -2.60. The fourth-order valence-electron chi connectivity index (χ4n) is 3.21. The monoisotopic (exact) mass is 304 g/mol. The van der Waals surface area contributed by atoms with Crippen LogP contribution in [0.5, 0.6) is 0 Å². The number of hydrogen-bond acceptors (Lipinski definition) is 2. The van der Waals surface area contributed by atoms with Gasteiger partial charge in [0.1, 0.15) is 0 Å². The molecule has 0 bridgehead atoms. The first-order valence-electron chi connectivity index (χ1n) is 8.03. The van der Waals surface area contributed by atoms with Gasteiger partial charge in [-0.2, -0.15) is 5.26 Å². The van der Waals surface area contributed by atoms with E-state index in [9.17, 15) is 4.79 Å². The van der Waals surface area contributed by atoms with Crippen molar-refractivity contribution in [1.29, 1.82) is 5.26 Å². The maximum Gasteiger partial charge on any atom is 0.253 e. The SMILES string of the molecule is Cc1cccc(C(=O)N2CCC(c3ccc(C#N)cc3)CC2)c1. The largest absolute Gasteiger partial charge is 0.339 e. The van der Waals surface area contributed by atoms with Gasteiger partial charge in [-0.05, 0) is 55.5 Å². The number of likely N-dealkylation sites (tertiary alicyclic amines) is 1. The van der Waals surface area contributed by atoms with Crippen LogP contribution in [0.25, 0.3) is 0 Å². The number of benzene rings is 2. The molecule has 1 amide bonds. The lowest BCUT2D eigenvalue weighted by Gasteiger charge is -2.32. The summed E-state index contributed by atoms with van der Waals surface area (Å²) < 4.78 is 0. The van der Waals surface area contributed by atoms with Crippen molar-refractivity contribution in [1.82, 2.24) is 4.90 Å². The molecule has 0 unspecified atom stereocenters. The highest BCUT2D eigenvalue weighted by molar-refractivity contribution is 5.94. The summed E-state index contributed by atoms with van der Waals surface area (Å²) in [5.41, 5.74) is 3.86. The van der Waals surface area contributed by atoms with Crippen LogP contribution in [0, 0.1) is 18.3 Å². The van der Waals surface area contributed by atoms with Gasteiger partial charge in [-0.3, -0.25) is 4.79 Å². The van der Waals surface area contributed by atoms with Gasteiger partial charge in [-0.15, -0.1) is 0 Å². The lowest BCUT2D eigenvalue weighted by molar-refractivity contribution is 0.0713. The summed E-state index contributed by atoms with van der Waals surface area (Å²) in [6.45, 7) is 3.59. The Balaban J connectivity index is 1.64. The zero-order valence-corrected chi connectivity index (χ0v) is 13.3. The van der Waals surface area contributed by atoms with Crippen molar-refractivity contribution < 1.29 is 4.79 Å². The molecule has 3 heteroatoms. The fourth-order valence-corrected chi connectivity index (χ4v) is 3.21. The summed E-state index contributed by atoms with van der Waals surface area (Å²) in [7, 11) is 0. The van der Waals surface area contributed by atoms with E-state index in [0.29, 0.717) is 11.5 Å². The Morgan fingerprint density at radius 1 is 1.13 bits per heavy atom. The van der Waals surface area contributed by atoms with Gasteiger partial charge in [0.15, 0.2) is 0 Å². The second kappa shape index (κ2) is 6.66. The lowest BCUT2D eigenvalue weighted by atomic mass is 9.89. The number of amides is 1. The molecular formula is C20H20N2O. The van der Waals surface area contributed by atoms with Gasteiger partial charge in [-0.25, -0.2) is 0 Å². The zero-order valence-electron chi connectivity index (χ0n) is 13.3. The third-order valence-corrected chi connectivity index (χ3v) is 4.56. The summed E-state index contributed by atoms with van der Waals surface area (Å²) in [5.74, 6) is 0.608. The quantitative estimate of drug-likeness (QED) is 0.845. The number of hydrogen-bond donors (Lipinski definition) is 0. The molecule has 0 N–H and O–H groups in total. The molecule has 0 aliphatic carbocycles. The van der Waals surface area contributed by atoms with Gasteiger partial charge in [0.2, 0.25) is 0 Å². The summed E-state index contributed by atoms with van der Waals surface area (Å²) in [6, 6.07) is 17.8. The number of nitriles is 1. The highest BCUT2D eigenvalue weighted by Crippen LogP contribution is 2.28. The van der Waals surface area contributed by atoms with Gasteiger partial charge in [-0.1, -0.05) is 29.8 Å². The number of piperidine rings is 1. The predicted octanol–water partition coefficient (Wildman–Crippen LogP) is 3.89. The Bertz CT molecular complexity index is 735. The van der Waals surface area contributed by atoms with Gasteiger partial charge in [0, 0.05) is 18.7 Å². The summed E-state index contributed by atoms with van der Waals surface area (Å²) in [4.78, 5) is 14.5. The molecule has 0 saturated carbocycles. The van der Waals surface area contributed by atoms with E-state index < -0.39 is 0 Å². The van der Waals surface area contributed by atoms with Crippen molar-refractivity contribution in [3.63, 3.8) is 0 Å². The molecule has 3 rings (SSSR count). The van der Waals surface area contributed by atoms with Crippen LogP contribution < -0.4 is 0 Å². The molecule has 2 aromatic rings. The van der Waals surface area contributed by atoms with E-state index >= 15 is 0 Å². The molecule has 1 fully saturated rings. The zero-order chi connectivity index (χ0) is 16.2. The molecule has 0 spiro atoms. The first kappa shape index (κ1) is 15.3. The molecule has 23 heavy (non-hydrogen) atoms. The summed E-state index contributed by atoms with van der Waals surface area (Å²) in [5, 5.41) is 8.87. The second-order valence-corrected chi connectivity index (χ2v) is 6.17. The molecule has 0 atom stereocenters. The summed E-state index contributed by atoms with van der Waals surface area (Å²) in [6.07, 6.45) is 1.95. The molecule has 1 heterocycles. The van der Waals surface area contributed by atoms with Gasteiger partial charge >= 0.3 is 0 Å². The molecule has 0 aromatic heterocycles. The van der Waals surface area contributed by atoms with Gasteiger partial charge in [0.05, 0.1) is 11.6 Å². The topological polar surface area (TPSA) is 44.1 Å². The van der Waals surface area contributed by atoms with Crippen LogP contribution in [0.2, 0.25) is 0 Å². The molecule has 2 aromatic carbocycles. The van der Waals surface area contributed by atoms with Gasteiger partial charge < -0.3 is 4.90 Å². The standard InChI is InChI=1S/C20H20N2O/c1-15-3-2-4-19(13-15)20(23)22-11-9-18(10-12-22)17-7-5-16(14-21)6-8-17/h2-8,13,18H,9-12H2,1H3. The maximum atomic E-state index is 12.6. The number of nitrogens with zero attached hydrogens (tertiary/aromatic N) is 2. The van der Waals surface area contributed by atoms with E-state index in [4.69, 9.17) is 5.26 Å². The van der Waals surface area contributed by atoms with Crippen molar-refractivity contribution >= 4 is 5.91 Å². The van der Waals surface area contributed by atoms with Gasteiger partial charge in [0.25, 0.3) is 5.91 Å². The molecule has 3 nitrogen and oxygen atoms in total. The molecular weight excluding hydrogens is 284 g/mol. The number of aryl methyl sites for hydroxylation is 1. The van der Waals surface area contributed by atoms with Crippen molar-refractivity contribution in [3.8, 4) is 6.07 Å². The molecule has 116 valence electrons. The Kier molecular flexibility index (Phi) is 4.43. The Morgan fingerprint density at radius 2 is 1.83 bits per heavy atom. The minimum absolute atomic E-state index is 0.131. The van der Waals surface area contributed by atoms with Crippen molar-refractivity contribution in [3.05, 3.63) is 70.8 Å². The van der Waals surface area contributed by atoms with E-state index in [1.54, 1.807) is 0 Å². The minimum Gasteiger partial charge on any atom is -0.339 e. The Labute approximate surface area is 137 Å². The molecule has 1 aliphatic rings. The average Bonchev–Trinajstić information content (AvgIpc) is 2.61. The summed E-state index contributed by atoms with van der Waals surface area (Å²) >= 11 is 0. The molecule has 0 radical (unpaired) electrons. The highest BCUT2D eigenvalue weighted by atomic mass is 16.2. The minimum atomic E-state index is 0.131. The van der Waals surface area contributed by atoms with Crippen LogP contribution in [0.15, 0.2) is 48.5 Å². The maximum absolute atomic E-state index is 12.6.